The molecule has 3 aromatic rings. The molecule has 6 heteroatoms. The van der Waals surface area contributed by atoms with E-state index in [9.17, 15) is 9.59 Å². The van der Waals surface area contributed by atoms with Crippen molar-refractivity contribution in [2.75, 3.05) is 7.11 Å². The molecule has 0 spiro atoms. The predicted molar refractivity (Wildman–Crippen MR) is 96.4 cm³/mol. The van der Waals surface area contributed by atoms with Crippen molar-refractivity contribution in [2.45, 2.75) is 12.5 Å². The number of aromatic nitrogens is 1. The van der Waals surface area contributed by atoms with Crippen LogP contribution in [0.1, 0.15) is 21.5 Å². The quantitative estimate of drug-likeness (QED) is 0.694. The van der Waals surface area contributed by atoms with Gasteiger partial charge in [-0.15, -0.1) is 0 Å². The van der Waals surface area contributed by atoms with Gasteiger partial charge in [-0.1, -0.05) is 18.2 Å². The number of esters is 1. The van der Waals surface area contributed by atoms with Crippen LogP contribution in [-0.2, 0) is 16.0 Å². The lowest BCUT2D eigenvalue weighted by Gasteiger charge is -2.16. The molecule has 0 saturated carbocycles. The average molecular weight is 347 g/mol. The Hall–Kier alpha value is -3.59. The summed E-state index contributed by atoms with van der Waals surface area (Å²) in [5.41, 5.74) is 2.71. The molecule has 0 bridgehead atoms. The summed E-state index contributed by atoms with van der Waals surface area (Å²) >= 11 is 0. The first-order valence-electron chi connectivity index (χ1n) is 8.06. The largest absolute Gasteiger partial charge is 0.467 e. The van der Waals surface area contributed by atoms with Gasteiger partial charge in [-0.25, -0.2) is 4.79 Å². The molecule has 3 rings (SSSR count). The van der Waals surface area contributed by atoms with Crippen molar-refractivity contribution < 1.29 is 14.3 Å². The number of nitriles is 1. The van der Waals surface area contributed by atoms with Crippen LogP contribution in [0.5, 0.6) is 0 Å². The van der Waals surface area contributed by atoms with Crippen LogP contribution in [0.25, 0.3) is 10.9 Å². The Morgan fingerprint density at radius 1 is 1.19 bits per heavy atom. The molecular formula is C20H17N3O3. The molecule has 2 aromatic carbocycles. The molecule has 0 unspecified atom stereocenters. The lowest BCUT2D eigenvalue weighted by molar-refractivity contribution is -0.142. The van der Waals surface area contributed by atoms with E-state index in [1.54, 1.807) is 24.3 Å². The van der Waals surface area contributed by atoms with E-state index >= 15 is 0 Å². The fourth-order valence-electron chi connectivity index (χ4n) is 2.79. The molecule has 0 aliphatic carbocycles. The van der Waals surface area contributed by atoms with Crippen LogP contribution in [0.4, 0.5) is 0 Å². The minimum absolute atomic E-state index is 0.304. The van der Waals surface area contributed by atoms with Crippen LogP contribution in [-0.4, -0.2) is 30.0 Å². The number of hydrogen-bond acceptors (Lipinski definition) is 4. The number of fused-ring (bicyclic) bond motifs is 1. The minimum Gasteiger partial charge on any atom is -0.467 e. The summed E-state index contributed by atoms with van der Waals surface area (Å²) < 4.78 is 4.84. The van der Waals surface area contributed by atoms with E-state index in [1.807, 2.05) is 36.5 Å². The molecule has 130 valence electrons. The molecule has 1 heterocycles. The SMILES string of the molecule is COC(=O)[C@@H](Cc1c[nH]c2ccccc12)NC(=O)c1ccc(C#N)cc1. The van der Waals surface area contributed by atoms with Crippen molar-refractivity contribution in [1.82, 2.24) is 10.3 Å². The number of ether oxygens (including phenoxy) is 1. The second-order valence-electron chi connectivity index (χ2n) is 5.80. The number of para-hydroxylation sites is 1. The Labute approximate surface area is 150 Å². The van der Waals surface area contributed by atoms with E-state index in [1.165, 1.54) is 7.11 Å². The first-order chi connectivity index (χ1) is 12.6. The van der Waals surface area contributed by atoms with Crippen LogP contribution in [0.15, 0.2) is 54.7 Å². The molecule has 2 N–H and O–H groups in total. The molecule has 6 nitrogen and oxygen atoms in total. The fraction of sp³-hybridized carbons (Fsp3) is 0.150. The van der Waals surface area contributed by atoms with E-state index in [0.29, 0.717) is 17.5 Å². The van der Waals surface area contributed by atoms with Gasteiger partial charge in [0.25, 0.3) is 5.91 Å². The highest BCUT2D eigenvalue weighted by Crippen LogP contribution is 2.19. The fourth-order valence-corrected chi connectivity index (χ4v) is 2.79. The van der Waals surface area contributed by atoms with Gasteiger partial charge in [-0.05, 0) is 35.9 Å². The summed E-state index contributed by atoms with van der Waals surface area (Å²) in [5.74, 6) is -0.915. The topological polar surface area (TPSA) is 95.0 Å². The average Bonchev–Trinajstić information content (AvgIpc) is 3.09. The first kappa shape index (κ1) is 17.2. The number of carbonyl (C=O) groups excluding carboxylic acids is 2. The molecule has 0 fully saturated rings. The summed E-state index contributed by atoms with van der Waals surface area (Å²) in [4.78, 5) is 27.8. The monoisotopic (exact) mass is 347 g/mol. The van der Waals surface area contributed by atoms with Gasteiger partial charge in [-0.3, -0.25) is 4.79 Å². The van der Waals surface area contributed by atoms with Gasteiger partial charge in [0, 0.05) is 29.1 Å². The molecular weight excluding hydrogens is 330 g/mol. The van der Waals surface area contributed by atoms with Gasteiger partial charge < -0.3 is 15.0 Å². The Morgan fingerprint density at radius 2 is 1.92 bits per heavy atom. The summed E-state index contributed by atoms with van der Waals surface area (Å²) in [7, 11) is 1.29. The zero-order chi connectivity index (χ0) is 18.5. The van der Waals surface area contributed by atoms with Gasteiger partial charge in [0.05, 0.1) is 18.7 Å². The third-order valence-electron chi connectivity index (χ3n) is 4.17. The number of H-pyrrole nitrogens is 1. The van der Waals surface area contributed by atoms with Crippen LogP contribution in [0.2, 0.25) is 0 Å². The van der Waals surface area contributed by atoms with Crippen LogP contribution < -0.4 is 5.32 Å². The van der Waals surface area contributed by atoms with Crippen molar-refractivity contribution >= 4 is 22.8 Å². The molecule has 0 radical (unpaired) electrons. The van der Waals surface area contributed by atoms with Crippen molar-refractivity contribution in [2.24, 2.45) is 0 Å². The van der Waals surface area contributed by atoms with Crippen molar-refractivity contribution in [1.29, 1.82) is 5.26 Å². The molecule has 1 amide bonds. The number of amides is 1. The molecule has 0 aliphatic rings. The summed E-state index contributed by atoms with van der Waals surface area (Å²) in [6.07, 6.45) is 2.13. The number of benzene rings is 2. The Balaban J connectivity index is 1.80. The third kappa shape index (κ3) is 3.57. The Kier molecular flexibility index (Phi) is 4.99. The van der Waals surface area contributed by atoms with Gasteiger partial charge in [0.2, 0.25) is 0 Å². The summed E-state index contributed by atoms with van der Waals surface area (Å²) in [6.45, 7) is 0. The highest BCUT2D eigenvalue weighted by Gasteiger charge is 2.23. The van der Waals surface area contributed by atoms with Gasteiger partial charge >= 0.3 is 5.97 Å². The Morgan fingerprint density at radius 3 is 2.62 bits per heavy atom. The van der Waals surface area contributed by atoms with E-state index in [4.69, 9.17) is 10.00 Å². The third-order valence-corrected chi connectivity index (χ3v) is 4.17. The first-order valence-corrected chi connectivity index (χ1v) is 8.06. The van der Waals surface area contributed by atoms with Crippen LogP contribution in [0, 0.1) is 11.3 Å². The van der Waals surface area contributed by atoms with E-state index in [2.05, 4.69) is 10.3 Å². The van der Waals surface area contributed by atoms with Crippen LogP contribution >= 0.6 is 0 Å². The molecule has 0 saturated heterocycles. The standard InChI is InChI=1S/C20H17N3O3/c1-26-20(25)18(10-15-12-22-17-5-3-2-4-16(15)17)23-19(24)14-8-6-13(11-21)7-9-14/h2-9,12,18,22H,10H2,1H3,(H,23,24)/t18-/m1/s1. The number of aromatic amines is 1. The van der Waals surface area contributed by atoms with Gasteiger partial charge in [0.15, 0.2) is 0 Å². The minimum atomic E-state index is -0.817. The normalized spacial score (nSPS) is 11.5. The number of rotatable bonds is 5. The second-order valence-corrected chi connectivity index (χ2v) is 5.80. The molecule has 1 aromatic heterocycles. The van der Waals surface area contributed by atoms with Crippen molar-refractivity contribution in [3.8, 4) is 6.07 Å². The van der Waals surface area contributed by atoms with Crippen molar-refractivity contribution in [3.05, 3.63) is 71.4 Å². The highest BCUT2D eigenvalue weighted by atomic mass is 16.5. The molecule has 26 heavy (non-hydrogen) atoms. The van der Waals surface area contributed by atoms with E-state index in [-0.39, 0.29) is 0 Å². The highest BCUT2D eigenvalue weighted by molar-refractivity contribution is 5.97. The van der Waals surface area contributed by atoms with Gasteiger partial charge in [0.1, 0.15) is 6.04 Å². The van der Waals surface area contributed by atoms with Crippen LogP contribution in [0.3, 0.4) is 0 Å². The summed E-state index contributed by atoms with van der Waals surface area (Å²) in [5, 5.41) is 12.5. The zero-order valence-corrected chi connectivity index (χ0v) is 14.2. The number of methoxy groups -OCH3 is 1. The maximum Gasteiger partial charge on any atom is 0.328 e. The Bertz CT molecular complexity index is 983. The number of nitrogens with zero attached hydrogens (tertiary/aromatic N) is 1. The maximum absolute atomic E-state index is 12.5. The van der Waals surface area contributed by atoms with Gasteiger partial charge in [-0.2, -0.15) is 5.26 Å². The predicted octanol–water partition coefficient (Wildman–Crippen LogP) is 2.55. The van der Waals surface area contributed by atoms with E-state index in [0.717, 1.165) is 16.5 Å². The lowest BCUT2D eigenvalue weighted by atomic mass is 10.0. The maximum atomic E-state index is 12.5. The number of carbonyl (C=O) groups is 2. The number of hydrogen-bond donors (Lipinski definition) is 2. The smallest absolute Gasteiger partial charge is 0.328 e. The summed E-state index contributed by atoms with van der Waals surface area (Å²) in [6, 6.07) is 15.1. The van der Waals surface area contributed by atoms with E-state index < -0.39 is 17.9 Å². The van der Waals surface area contributed by atoms with Crippen molar-refractivity contribution in [3.63, 3.8) is 0 Å². The lowest BCUT2D eigenvalue weighted by Crippen LogP contribution is -2.43. The molecule has 1 atom stereocenters. The zero-order valence-electron chi connectivity index (χ0n) is 14.2. The second kappa shape index (κ2) is 7.53. The number of nitrogens with one attached hydrogen (secondary N) is 2. The molecule has 0 aliphatic heterocycles.